The number of carbonyl (C=O) groups excluding carboxylic acids is 1. The van der Waals surface area contributed by atoms with Crippen molar-refractivity contribution in [3.63, 3.8) is 0 Å². The van der Waals surface area contributed by atoms with Gasteiger partial charge in [-0.25, -0.2) is 4.98 Å². The number of nitrogens with one attached hydrogen (secondary N) is 1. The molecule has 0 aliphatic heterocycles. The zero-order valence-electron chi connectivity index (χ0n) is 11.7. The third kappa shape index (κ3) is 2.91. The van der Waals surface area contributed by atoms with Crippen LogP contribution in [0.15, 0.2) is 29.0 Å². The molecule has 20 heavy (non-hydrogen) atoms. The smallest absolute Gasteiger partial charge is 0.263 e. The van der Waals surface area contributed by atoms with Crippen molar-refractivity contribution < 1.29 is 14.3 Å². The lowest BCUT2D eigenvalue weighted by molar-refractivity contribution is 0.0788. The fraction of sp³-hybridized carbons (Fsp3) is 0.429. The van der Waals surface area contributed by atoms with Crippen LogP contribution in [0.2, 0.25) is 0 Å². The van der Waals surface area contributed by atoms with Crippen LogP contribution in [0.25, 0.3) is 10.8 Å². The van der Waals surface area contributed by atoms with Gasteiger partial charge in [0.05, 0.1) is 24.6 Å². The molecule has 0 bridgehead atoms. The van der Waals surface area contributed by atoms with Gasteiger partial charge >= 0.3 is 0 Å². The van der Waals surface area contributed by atoms with E-state index in [0.717, 1.165) is 0 Å². The van der Waals surface area contributed by atoms with E-state index in [4.69, 9.17) is 4.42 Å². The number of carbonyl (C=O) groups is 1. The average molecular weight is 294 g/mol. The maximum Gasteiger partial charge on any atom is 0.263 e. The molecule has 0 saturated heterocycles. The third-order valence-corrected chi connectivity index (χ3v) is 4.47. The summed E-state index contributed by atoms with van der Waals surface area (Å²) in [5.74, 6) is 0.530. The van der Waals surface area contributed by atoms with Gasteiger partial charge in [-0.05, 0) is 25.0 Å². The standard InChI is InChI=1S/C14H18N2O3S/c1-9(2)14(3,8-17)16-12(18)11-7-15-13(20-11)10-5-4-6-19-10/h4-7,9,17H,8H2,1-3H3,(H,16,18)/t14-/m0/s1. The van der Waals surface area contributed by atoms with Crippen molar-refractivity contribution in [1.82, 2.24) is 10.3 Å². The molecule has 0 spiro atoms. The first-order chi connectivity index (χ1) is 9.46. The lowest BCUT2D eigenvalue weighted by Gasteiger charge is -2.32. The molecule has 0 unspecified atom stereocenters. The summed E-state index contributed by atoms with van der Waals surface area (Å²) in [5.41, 5.74) is -0.647. The molecule has 0 aliphatic rings. The zero-order valence-corrected chi connectivity index (χ0v) is 12.5. The highest BCUT2D eigenvalue weighted by Gasteiger charge is 2.30. The number of nitrogens with zero attached hydrogens (tertiary/aromatic N) is 1. The minimum absolute atomic E-state index is 0.111. The molecule has 1 amide bonds. The normalized spacial score (nSPS) is 14.2. The van der Waals surface area contributed by atoms with E-state index in [-0.39, 0.29) is 18.4 Å². The molecule has 0 fully saturated rings. The van der Waals surface area contributed by atoms with Gasteiger partial charge in [0, 0.05) is 0 Å². The number of furan rings is 1. The summed E-state index contributed by atoms with van der Waals surface area (Å²) in [7, 11) is 0. The molecular formula is C14H18N2O3S. The number of hydrogen-bond acceptors (Lipinski definition) is 5. The number of rotatable bonds is 5. The van der Waals surface area contributed by atoms with Crippen molar-refractivity contribution in [1.29, 1.82) is 0 Å². The summed E-state index contributed by atoms with van der Waals surface area (Å²) in [6, 6.07) is 3.57. The predicted molar refractivity (Wildman–Crippen MR) is 77.6 cm³/mol. The lowest BCUT2D eigenvalue weighted by Crippen LogP contribution is -2.52. The maximum atomic E-state index is 12.2. The monoisotopic (exact) mass is 294 g/mol. The van der Waals surface area contributed by atoms with Crippen LogP contribution < -0.4 is 5.32 Å². The van der Waals surface area contributed by atoms with Crippen LogP contribution in [0.5, 0.6) is 0 Å². The van der Waals surface area contributed by atoms with E-state index in [2.05, 4.69) is 10.3 Å². The first-order valence-electron chi connectivity index (χ1n) is 6.39. The van der Waals surface area contributed by atoms with Gasteiger partial charge in [-0.2, -0.15) is 0 Å². The average Bonchev–Trinajstić information content (AvgIpc) is 3.08. The van der Waals surface area contributed by atoms with Crippen molar-refractivity contribution >= 4 is 17.2 Å². The molecule has 108 valence electrons. The summed E-state index contributed by atoms with van der Waals surface area (Å²) >= 11 is 1.26. The van der Waals surface area contributed by atoms with Gasteiger partial charge in [0.25, 0.3) is 5.91 Å². The Bertz CT molecular complexity index is 577. The summed E-state index contributed by atoms with van der Waals surface area (Å²) < 4.78 is 5.25. The number of aliphatic hydroxyl groups excluding tert-OH is 1. The van der Waals surface area contributed by atoms with E-state index in [1.165, 1.54) is 17.5 Å². The molecule has 2 rings (SSSR count). The van der Waals surface area contributed by atoms with Gasteiger partial charge in [0.15, 0.2) is 10.8 Å². The molecule has 2 heterocycles. The highest BCUT2D eigenvalue weighted by Crippen LogP contribution is 2.26. The minimum atomic E-state index is -0.647. The van der Waals surface area contributed by atoms with Gasteiger partial charge in [-0.15, -0.1) is 11.3 Å². The molecule has 0 radical (unpaired) electrons. The van der Waals surface area contributed by atoms with Crippen LogP contribution in [0.1, 0.15) is 30.4 Å². The Balaban J connectivity index is 2.14. The van der Waals surface area contributed by atoms with E-state index in [9.17, 15) is 9.90 Å². The van der Waals surface area contributed by atoms with Crippen molar-refractivity contribution in [2.45, 2.75) is 26.3 Å². The number of amides is 1. The fourth-order valence-electron chi connectivity index (χ4n) is 1.58. The molecule has 0 aliphatic carbocycles. The quantitative estimate of drug-likeness (QED) is 0.888. The Morgan fingerprint density at radius 1 is 1.60 bits per heavy atom. The maximum absolute atomic E-state index is 12.2. The molecule has 0 saturated carbocycles. The molecule has 0 aromatic carbocycles. The van der Waals surface area contributed by atoms with E-state index in [1.54, 1.807) is 18.4 Å². The molecule has 1 atom stereocenters. The first-order valence-corrected chi connectivity index (χ1v) is 7.21. The highest BCUT2D eigenvalue weighted by molar-refractivity contribution is 7.16. The molecule has 2 N–H and O–H groups in total. The van der Waals surface area contributed by atoms with Crippen LogP contribution >= 0.6 is 11.3 Å². The second-order valence-corrected chi connectivity index (χ2v) is 6.22. The van der Waals surface area contributed by atoms with E-state index >= 15 is 0 Å². The SMILES string of the molecule is CC(C)[C@](C)(CO)NC(=O)c1cnc(-c2ccco2)s1. The Kier molecular flexibility index (Phi) is 4.25. The second kappa shape index (κ2) is 5.76. The Labute approximate surface area is 121 Å². The largest absolute Gasteiger partial charge is 0.462 e. The summed E-state index contributed by atoms with van der Waals surface area (Å²) in [6.07, 6.45) is 3.09. The van der Waals surface area contributed by atoms with E-state index in [0.29, 0.717) is 15.6 Å². The predicted octanol–water partition coefficient (Wildman–Crippen LogP) is 2.54. The van der Waals surface area contributed by atoms with Crippen LogP contribution in [0.4, 0.5) is 0 Å². The van der Waals surface area contributed by atoms with Gasteiger partial charge in [0.1, 0.15) is 4.88 Å². The lowest BCUT2D eigenvalue weighted by atomic mass is 9.89. The summed E-state index contributed by atoms with van der Waals surface area (Å²) in [6.45, 7) is 5.62. The summed E-state index contributed by atoms with van der Waals surface area (Å²) in [5, 5.41) is 13.0. The van der Waals surface area contributed by atoms with Gasteiger partial charge in [-0.1, -0.05) is 13.8 Å². The number of thiazole rings is 1. The van der Waals surface area contributed by atoms with Crippen molar-refractivity contribution in [3.05, 3.63) is 29.5 Å². The Morgan fingerprint density at radius 2 is 2.35 bits per heavy atom. The fourth-order valence-corrected chi connectivity index (χ4v) is 2.36. The van der Waals surface area contributed by atoms with Gasteiger partial charge < -0.3 is 14.8 Å². The third-order valence-electron chi connectivity index (χ3n) is 3.46. The molecule has 5 nitrogen and oxygen atoms in total. The molecule has 2 aromatic heterocycles. The second-order valence-electron chi connectivity index (χ2n) is 5.19. The Morgan fingerprint density at radius 3 is 2.90 bits per heavy atom. The van der Waals surface area contributed by atoms with Gasteiger partial charge in [0.2, 0.25) is 0 Å². The number of hydrogen-bond donors (Lipinski definition) is 2. The highest BCUT2D eigenvalue weighted by atomic mass is 32.1. The number of aliphatic hydroxyl groups is 1. The zero-order chi connectivity index (χ0) is 14.8. The Hall–Kier alpha value is -1.66. The number of aromatic nitrogens is 1. The first kappa shape index (κ1) is 14.7. The minimum Gasteiger partial charge on any atom is -0.462 e. The van der Waals surface area contributed by atoms with Crippen molar-refractivity contribution in [2.24, 2.45) is 5.92 Å². The summed E-state index contributed by atoms with van der Waals surface area (Å²) in [4.78, 5) is 16.9. The van der Waals surface area contributed by atoms with Crippen molar-refractivity contribution in [3.8, 4) is 10.8 Å². The molecular weight excluding hydrogens is 276 g/mol. The topological polar surface area (TPSA) is 75.4 Å². The van der Waals surface area contributed by atoms with E-state index in [1.807, 2.05) is 20.8 Å². The van der Waals surface area contributed by atoms with Gasteiger partial charge in [-0.3, -0.25) is 4.79 Å². The van der Waals surface area contributed by atoms with Crippen LogP contribution in [-0.4, -0.2) is 28.1 Å². The van der Waals surface area contributed by atoms with E-state index < -0.39 is 5.54 Å². The molecule has 2 aromatic rings. The van der Waals surface area contributed by atoms with Crippen LogP contribution in [0.3, 0.4) is 0 Å². The molecule has 6 heteroatoms. The van der Waals surface area contributed by atoms with Crippen molar-refractivity contribution in [2.75, 3.05) is 6.61 Å². The van der Waals surface area contributed by atoms with Crippen LogP contribution in [0, 0.1) is 5.92 Å². The van der Waals surface area contributed by atoms with Crippen LogP contribution in [-0.2, 0) is 0 Å².